The van der Waals surface area contributed by atoms with Gasteiger partial charge >= 0.3 is 0 Å². The predicted octanol–water partition coefficient (Wildman–Crippen LogP) is 3.22. The monoisotopic (exact) mass is 380 g/mol. The molecule has 1 aliphatic rings. The molecule has 0 heterocycles. The van der Waals surface area contributed by atoms with Crippen molar-refractivity contribution in [3.8, 4) is 0 Å². The Morgan fingerprint density at radius 2 is 1.82 bits per heavy atom. The number of nitrogens with one attached hydrogen (secondary N) is 2. The van der Waals surface area contributed by atoms with E-state index in [0.29, 0.717) is 11.4 Å². The maximum Gasteiger partial charge on any atom is 0.269 e. The molecule has 8 heteroatoms. The molecule has 1 saturated carbocycles. The molecule has 0 aliphatic heterocycles. The summed E-state index contributed by atoms with van der Waals surface area (Å²) in [7, 11) is 0. The van der Waals surface area contributed by atoms with Crippen LogP contribution in [0.25, 0.3) is 0 Å². The first kappa shape index (κ1) is 19.2. The van der Waals surface area contributed by atoms with E-state index < -0.39 is 4.92 Å². The van der Waals surface area contributed by atoms with Gasteiger partial charge in [-0.3, -0.25) is 19.7 Å². The van der Waals surface area contributed by atoms with E-state index in [-0.39, 0.29) is 35.8 Å². The van der Waals surface area contributed by atoms with Crippen molar-refractivity contribution in [2.45, 2.75) is 25.7 Å². The van der Waals surface area contributed by atoms with Gasteiger partial charge in [0.15, 0.2) is 0 Å². The van der Waals surface area contributed by atoms with E-state index in [4.69, 9.17) is 0 Å². The van der Waals surface area contributed by atoms with Crippen molar-refractivity contribution in [3.05, 3.63) is 70.3 Å². The number of non-ortho nitro benzene ring substituents is 1. The Bertz CT molecular complexity index is 910. The van der Waals surface area contributed by atoms with Gasteiger partial charge < -0.3 is 5.32 Å². The SMILES string of the molecule is CC(CC(=O)Nc1ccc([N+](=O)[O-])cc1)=NNC(=O)[C@H]1C[C@@H]1c1ccccc1. The predicted molar refractivity (Wildman–Crippen MR) is 105 cm³/mol. The summed E-state index contributed by atoms with van der Waals surface area (Å²) in [6, 6.07) is 15.4. The molecular formula is C20H20N4O4. The average molecular weight is 380 g/mol. The van der Waals surface area contributed by atoms with Crippen LogP contribution in [0.2, 0.25) is 0 Å². The number of hydrogen-bond acceptors (Lipinski definition) is 5. The highest BCUT2D eigenvalue weighted by Gasteiger charge is 2.43. The third-order valence-corrected chi connectivity index (χ3v) is 4.49. The molecule has 0 unspecified atom stereocenters. The summed E-state index contributed by atoms with van der Waals surface area (Å²) in [6.45, 7) is 1.65. The van der Waals surface area contributed by atoms with E-state index in [1.807, 2.05) is 30.3 Å². The number of nitrogens with zero attached hydrogens (tertiary/aromatic N) is 2. The van der Waals surface area contributed by atoms with E-state index >= 15 is 0 Å². The smallest absolute Gasteiger partial charge is 0.269 e. The second-order valence-electron chi connectivity index (χ2n) is 6.71. The topological polar surface area (TPSA) is 114 Å². The number of carbonyl (C=O) groups is 2. The van der Waals surface area contributed by atoms with Crippen LogP contribution >= 0.6 is 0 Å². The van der Waals surface area contributed by atoms with Gasteiger partial charge in [0, 0.05) is 29.4 Å². The molecule has 0 radical (unpaired) electrons. The van der Waals surface area contributed by atoms with Crippen molar-refractivity contribution in [2.75, 3.05) is 5.32 Å². The van der Waals surface area contributed by atoms with Crippen molar-refractivity contribution >= 4 is 28.9 Å². The van der Waals surface area contributed by atoms with E-state index in [0.717, 1.165) is 12.0 Å². The standard InChI is InChI=1S/C20H20N4O4/c1-13(11-19(25)21-15-7-9-16(10-8-15)24(27)28)22-23-20(26)18-12-17(18)14-5-3-2-4-6-14/h2-10,17-18H,11-12H2,1H3,(H,21,25)(H,23,26)/t17-,18+/m1/s1. The van der Waals surface area contributed by atoms with Crippen LogP contribution in [-0.2, 0) is 9.59 Å². The Hall–Kier alpha value is -3.55. The summed E-state index contributed by atoms with van der Waals surface area (Å²) >= 11 is 0. The number of nitro benzene ring substituents is 1. The number of nitro groups is 1. The van der Waals surface area contributed by atoms with E-state index in [9.17, 15) is 19.7 Å². The number of rotatable bonds is 7. The fourth-order valence-corrected chi connectivity index (χ4v) is 2.93. The number of benzene rings is 2. The highest BCUT2D eigenvalue weighted by molar-refractivity contribution is 6.05. The van der Waals surface area contributed by atoms with Crippen LogP contribution in [0, 0.1) is 16.0 Å². The number of carbonyl (C=O) groups excluding carboxylic acids is 2. The lowest BCUT2D eigenvalue weighted by molar-refractivity contribution is -0.384. The molecule has 2 aromatic rings. The molecule has 0 spiro atoms. The molecule has 2 amide bonds. The van der Waals surface area contributed by atoms with E-state index in [1.54, 1.807) is 6.92 Å². The molecule has 28 heavy (non-hydrogen) atoms. The number of hydrazone groups is 1. The lowest BCUT2D eigenvalue weighted by atomic mass is 10.1. The Kier molecular flexibility index (Phi) is 5.78. The molecule has 2 N–H and O–H groups in total. The van der Waals surface area contributed by atoms with Crippen molar-refractivity contribution < 1.29 is 14.5 Å². The molecule has 144 valence electrons. The number of hydrogen-bond donors (Lipinski definition) is 2. The number of anilines is 1. The third-order valence-electron chi connectivity index (χ3n) is 4.49. The molecule has 8 nitrogen and oxygen atoms in total. The van der Waals surface area contributed by atoms with Gasteiger partial charge in [0.25, 0.3) is 5.69 Å². The van der Waals surface area contributed by atoms with Gasteiger partial charge in [0.05, 0.1) is 11.3 Å². The van der Waals surface area contributed by atoms with Crippen LogP contribution in [0.4, 0.5) is 11.4 Å². The number of amides is 2. The second-order valence-corrected chi connectivity index (χ2v) is 6.71. The van der Waals surface area contributed by atoms with Crippen molar-refractivity contribution in [1.29, 1.82) is 0 Å². The van der Waals surface area contributed by atoms with Gasteiger partial charge in [-0.1, -0.05) is 30.3 Å². The molecule has 0 aromatic heterocycles. The minimum Gasteiger partial charge on any atom is -0.326 e. The maximum absolute atomic E-state index is 12.2. The van der Waals surface area contributed by atoms with Crippen LogP contribution in [-0.4, -0.2) is 22.4 Å². The first-order valence-electron chi connectivity index (χ1n) is 8.86. The first-order chi connectivity index (χ1) is 13.4. The largest absolute Gasteiger partial charge is 0.326 e. The highest BCUT2D eigenvalue weighted by Crippen LogP contribution is 2.47. The van der Waals surface area contributed by atoms with Crippen molar-refractivity contribution in [3.63, 3.8) is 0 Å². The van der Waals surface area contributed by atoms with Crippen LogP contribution in [0.3, 0.4) is 0 Å². The molecule has 0 saturated heterocycles. The van der Waals surface area contributed by atoms with Gasteiger partial charge in [-0.05, 0) is 37.0 Å². The quantitative estimate of drug-likeness (QED) is 0.436. The average Bonchev–Trinajstić information content (AvgIpc) is 3.48. The van der Waals surface area contributed by atoms with E-state index in [2.05, 4.69) is 15.8 Å². The van der Waals surface area contributed by atoms with Gasteiger partial charge in [-0.25, -0.2) is 5.43 Å². The fourth-order valence-electron chi connectivity index (χ4n) is 2.93. The molecular weight excluding hydrogens is 360 g/mol. The van der Waals surface area contributed by atoms with Crippen LogP contribution in [0.5, 0.6) is 0 Å². The highest BCUT2D eigenvalue weighted by atomic mass is 16.6. The zero-order chi connectivity index (χ0) is 20.1. The van der Waals surface area contributed by atoms with Crippen LogP contribution in [0.15, 0.2) is 59.7 Å². The Labute approximate surface area is 161 Å². The molecule has 3 rings (SSSR count). The Morgan fingerprint density at radius 1 is 1.14 bits per heavy atom. The van der Waals surface area contributed by atoms with Gasteiger partial charge in [0.2, 0.25) is 11.8 Å². The molecule has 2 atom stereocenters. The second kappa shape index (κ2) is 8.43. The minimum atomic E-state index is -0.507. The summed E-state index contributed by atoms with van der Waals surface area (Å²) in [5.41, 5.74) is 4.54. The zero-order valence-electron chi connectivity index (χ0n) is 15.3. The van der Waals surface area contributed by atoms with Crippen LogP contribution < -0.4 is 10.7 Å². The lowest BCUT2D eigenvalue weighted by Crippen LogP contribution is -2.23. The van der Waals surface area contributed by atoms with E-state index in [1.165, 1.54) is 24.3 Å². The molecule has 0 bridgehead atoms. The van der Waals surface area contributed by atoms with Crippen molar-refractivity contribution in [1.82, 2.24) is 5.43 Å². The lowest BCUT2D eigenvalue weighted by Gasteiger charge is -2.05. The normalized spacial score (nSPS) is 18.2. The fraction of sp³-hybridized carbons (Fsp3) is 0.250. The van der Waals surface area contributed by atoms with Crippen molar-refractivity contribution in [2.24, 2.45) is 11.0 Å². The Morgan fingerprint density at radius 3 is 2.46 bits per heavy atom. The van der Waals surface area contributed by atoms with Gasteiger partial charge in [-0.15, -0.1) is 0 Å². The zero-order valence-corrected chi connectivity index (χ0v) is 15.3. The summed E-state index contributed by atoms with van der Waals surface area (Å²) < 4.78 is 0. The van der Waals surface area contributed by atoms with Crippen LogP contribution in [0.1, 0.15) is 31.2 Å². The summed E-state index contributed by atoms with van der Waals surface area (Å²) in [4.78, 5) is 34.3. The molecule has 1 aliphatic carbocycles. The minimum absolute atomic E-state index is 0.00402. The van der Waals surface area contributed by atoms with Gasteiger partial charge in [-0.2, -0.15) is 5.10 Å². The molecule has 2 aromatic carbocycles. The first-order valence-corrected chi connectivity index (χ1v) is 8.86. The Balaban J connectivity index is 1.45. The summed E-state index contributed by atoms with van der Waals surface area (Å²) in [6.07, 6.45) is 0.801. The summed E-state index contributed by atoms with van der Waals surface area (Å²) in [5.74, 6) is -0.336. The summed E-state index contributed by atoms with van der Waals surface area (Å²) in [5, 5.41) is 17.3. The maximum atomic E-state index is 12.2. The molecule has 1 fully saturated rings. The van der Waals surface area contributed by atoms with Gasteiger partial charge in [0.1, 0.15) is 0 Å². The third kappa shape index (κ3) is 5.00.